The molecule has 0 atom stereocenters. The summed E-state index contributed by atoms with van der Waals surface area (Å²) < 4.78 is 0. The molecule has 0 radical (unpaired) electrons. The van der Waals surface area contributed by atoms with Gasteiger partial charge < -0.3 is 10.3 Å². The van der Waals surface area contributed by atoms with Crippen LogP contribution < -0.4 is 10.9 Å². The number of thioether (sulfide) groups is 1. The molecule has 1 aromatic heterocycles. The molecule has 3 aromatic rings. The average Bonchev–Trinajstić information content (AvgIpc) is 2.66. The lowest BCUT2D eigenvalue weighted by atomic mass is 10.2. The average molecular weight is 434 g/mol. The van der Waals surface area contributed by atoms with Crippen LogP contribution in [0.5, 0.6) is 0 Å². The molecule has 1 amide bonds. The van der Waals surface area contributed by atoms with Crippen LogP contribution in [-0.4, -0.2) is 15.9 Å². The van der Waals surface area contributed by atoms with Crippen LogP contribution in [0.15, 0.2) is 64.5 Å². The van der Waals surface area contributed by atoms with E-state index in [9.17, 15) is 9.59 Å². The molecule has 8 heteroatoms. The molecule has 1 heterocycles. The Kier molecular flexibility index (Phi) is 7.14. The molecule has 0 aliphatic carbocycles. The monoisotopic (exact) mass is 433 g/mol. The third-order valence-electron chi connectivity index (χ3n) is 3.78. The number of carbonyl (C=O) groups excluding carboxylic acids is 1. The number of rotatable bonds is 7. The highest BCUT2D eigenvalue weighted by Gasteiger charge is 2.08. The smallest absolute Gasteiger partial charge is 0.251 e. The molecule has 0 spiro atoms. The molecule has 0 saturated heterocycles. The Labute approximate surface area is 176 Å². The van der Waals surface area contributed by atoms with Crippen molar-refractivity contribution in [1.29, 1.82) is 0 Å². The minimum Gasteiger partial charge on any atom is -0.352 e. The number of halogens is 2. The molecule has 144 valence electrons. The van der Waals surface area contributed by atoms with Gasteiger partial charge in [0.15, 0.2) is 5.16 Å². The summed E-state index contributed by atoms with van der Waals surface area (Å²) in [6, 6.07) is 16.1. The second-order valence-electron chi connectivity index (χ2n) is 6.04. The van der Waals surface area contributed by atoms with Crippen LogP contribution in [0.3, 0.4) is 0 Å². The van der Waals surface area contributed by atoms with Gasteiger partial charge in [0.05, 0.1) is 12.1 Å². The topological polar surface area (TPSA) is 74.8 Å². The van der Waals surface area contributed by atoms with Crippen LogP contribution in [0.2, 0.25) is 10.0 Å². The van der Waals surface area contributed by atoms with Crippen LogP contribution in [0, 0.1) is 0 Å². The highest BCUT2D eigenvalue weighted by Crippen LogP contribution is 2.20. The van der Waals surface area contributed by atoms with E-state index in [0.717, 1.165) is 11.1 Å². The fraction of sp³-hybridized carbons (Fsp3) is 0.150. The first-order valence-corrected chi connectivity index (χ1v) is 10.2. The van der Waals surface area contributed by atoms with E-state index in [2.05, 4.69) is 15.3 Å². The summed E-state index contributed by atoms with van der Waals surface area (Å²) in [5.74, 6) is 0.397. The van der Waals surface area contributed by atoms with Gasteiger partial charge in [0.25, 0.3) is 5.56 Å². The zero-order valence-corrected chi connectivity index (χ0v) is 17.1. The quantitative estimate of drug-likeness (QED) is 0.431. The molecule has 2 N–H and O–H groups in total. The lowest BCUT2D eigenvalue weighted by Gasteiger charge is -2.07. The predicted octanol–water partition coefficient (Wildman–Crippen LogP) is 4.23. The number of aromatic amines is 1. The number of hydrogen-bond donors (Lipinski definition) is 2. The summed E-state index contributed by atoms with van der Waals surface area (Å²) in [4.78, 5) is 31.1. The normalized spacial score (nSPS) is 10.6. The summed E-state index contributed by atoms with van der Waals surface area (Å²) in [7, 11) is 0. The van der Waals surface area contributed by atoms with Crippen molar-refractivity contribution < 1.29 is 4.79 Å². The van der Waals surface area contributed by atoms with Gasteiger partial charge in [-0.25, -0.2) is 4.98 Å². The Morgan fingerprint density at radius 1 is 1.04 bits per heavy atom. The van der Waals surface area contributed by atoms with E-state index < -0.39 is 0 Å². The van der Waals surface area contributed by atoms with Gasteiger partial charge in [0.2, 0.25) is 5.91 Å². The first-order chi connectivity index (χ1) is 13.5. The molecule has 0 aliphatic heterocycles. The van der Waals surface area contributed by atoms with E-state index in [4.69, 9.17) is 23.2 Å². The van der Waals surface area contributed by atoms with E-state index in [1.165, 1.54) is 17.8 Å². The van der Waals surface area contributed by atoms with Crippen molar-refractivity contribution in [3.63, 3.8) is 0 Å². The molecular weight excluding hydrogens is 417 g/mol. The van der Waals surface area contributed by atoms with Crippen LogP contribution in [0.4, 0.5) is 0 Å². The van der Waals surface area contributed by atoms with Gasteiger partial charge in [-0.15, -0.1) is 0 Å². The van der Waals surface area contributed by atoms with Crippen molar-refractivity contribution in [2.45, 2.75) is 23.9 Å². The third-order valence-corrected chi connectivity index (χ3v) is 5.21. The van der Waals surface area contributed by atoms with Gasteiger partial charge in [0.1, 0.15) is 0 Å². The van der Waals surface area contributed by atoms with Crippen LogP contribution in [-0.2, 0) is 23.5 Å². The van der Waals surface area contributed by atoms with Crippen molar-refractivity contribution in [1.82, 2.24) is 15.3 Å². The number of aromatic nitrogens is 2. The fourth-order valence-corrected chi connectivity index (χ4v) is 3.63. The molecule has 5 nitrogen and oxygen atoms in total. The maximum absolute atomic E-state index is 12.2. The Morgan fingerprint density at radius 3 is 2.57 bits per heavy atom. The third kappa shape index (κ3) is 6.41. The Morgan fingerprint density at radius 2 is 1.82 bits per heavy atom. The molecule has 0 unspecified atom stereocenters. The standard InChI is InChI=1S/C20H17Cl2N3O2S/c21-15-6-4-13(5-7-15)11-23-18(26)9-17-10-19(27)25-20(24-17)28-12-14-2-1-3-16(22)8-14/h1-8,10H,9,11-12H2,(H,23,26)(H,24,25,27). The van der Waals surface area contributed by atoms with Gasteiger partial charge in [-0.1, -0.05) is 59.2 Å². The highest BCUT2D eigenvalue weighted by atomic mass is 35.5. The van der Waals surface area contributed by atoms with Gasteiger partial charge >= 0.3 is 0 Å². The minimum absolute atomic E-state index is 0.0300. The molecule has 0 bridgehead atoms. The van der Waals surface area contributed by atoms with Gasteiger partial charge in [-0.05, 0) is 35.4 Å². The molecule has 3 rings (SSSR count). The lowest BCUT2D eigenvalue weighted by Crippen LogP contribution is -2.25. The lowest BCUT2D eigenvalue weighted by molar-refractivity contribution is -0.120. The molecule has 28 heavy (non-hydrogen) atoms. The van der Waals surface area contributed by atoms with Crippen LogP contribution in [0.25, 0.3) is 0 Å². The molecular formula is C20H17Cl2N3O2S. The van der Waals surface area contributed by atoms with Crippen molar-refractivity contribution in [2.75, 3.05) is 0 Å². The van der Waals surface area contributed by atoms with E-state index in [1.54, 1.807) is 18.2 Å². The van der Waals surface area contributed by atoms with E-state index in [-0.39, 0.29) is 17.9 Å². The zero-order chi connectivity index (χ0) is 19.9. The number of hydrogen-bond acceptors (Lipinski definition) is 4. The zero-order valence-electron chi connectivity index (χ0n) is 14.7. The fourth-order valence-electron chi connectivity index (χ4n) is 2.45. The number of carbonyl (C=O) groups is 1. The second-order valence-corrected chi connectivity index (χ2v) is 7.88. The summed E-state index contributed by atoms with van der Waals surface area (Å²) in [5.41, 5.74) is 2.09. The van der Waals surface area contributed by atoms with Crippen molar-refractivity contribution in [2.24, 2.45) is 0 Å². The Hall–Kier alpha value is -2.28. The summed E-state index contributed by atoms with van der Waals surface area (Å²) in [5, 5.41) is 4.58. The molecule has 0 saturated carbocycles. The van der Waals surface area contributed by atoms with Gasteiger partial charge in [-0.3, -0.25) is 9.59 Å². The van der Waals surface area contributed by atoms with Gasteiger partial charge in [-0.2, -0.15) is 0 Å². The number of H-pyrrole nitrogens is 1. The summed E-state index contributed by atoms with van der Waals surface area (Å²) in [6.45, 7) is 0.384. The van der Waals surface area contributed by atoms with E-state index in [0.29, 0.717) is 33.2 Å². The van der Waals surface area contributed by atoms with Crippen molar-refractivity contribution in [3.05, 3.63) is 91.8 Å². The van der Waals surface area contributed by atoms with Crippen molar-refractivity contribution in [3.8, 4) is 0 Å². The first-order valence-electron chi connectivity index (χ1n) is 8.46. The summed E-state index contributed by atoms with van der Waals surface area (Å²) >= 11 is 13.2. The first kappa shape index (κ1) is 20.5. The SMILES string of the molecule is O=C(Cc1cc(=O)[nH]c(SCc2cccc(Cl)c2)n1)NCc1ccc(Cl)cc1. The maximum Gasteiger partial charge on any atom is 0.251 e. The summed E-state index contributed by atoms with van der Waals surface area (Å²) in [6.07, 6.45) is 0.0300. The van der Waals surface area contributed by atoms with Gasteiger partial charge in [0, 0.05) is 28.4 Å². The molecule has 0 fully saturated rings. The second kappa shape index (κ2) is 9.78. The van der Waals surface area contributed by atoms with Crippen LogP contribution in [0.1, 0.15) is 16.8 Å². The Balaban J connectivity index is 1.58. The Bertz CT molecular complexity index is 1020. The number of benzene rings is 2. The van der Waals surface area contributed by atoms with Crippen molar-refractivity contribution >= 4 is 40.9 Å². The molecule has 2 aromatic carbocycles. The number of amides is 1. The van der Waals surface area contributed by atoms with E-state index >= 15 is 0 Å². The maximum atomic E-state index is 12.2. The highest BCUT2D eigenvalue weighted by molar-refractivity contribution is 7.98. The number of nitrogens with zero attached hydrogens (tertiary/aromatic N) is 1. The van der Waals surface area contributed by atoms with Crippen LogP contribution >= 0.6 is 35.0 Å². The minimum atomic E-state index is -0.288. The largest absolute Gasteiger partial charge is 0.352 e. The predicted molar refractivity (Wildman–Crippen MR) is 113 cm³/mol. The number of nitrogens with one attached hydrogen (secondary N) is 2. The molecule has 0 aliphatic rings. The van der Waals surface area contributed by atoms with E-state index in [1.807, 2.05) is 30.3 Å².